The molecule has 0 bridgehead atoms. The second kappa shape index (κ2) is 15.2. The van der Waals surface area contributed by atoms with Crippen LogP contribution in [0.4, 0.5) is 26.7 Å². The van der Waals surface area contributed by atoms with Gasteiger partial charge in [0.1, 0.15) is 5.60 Å². The fourth-order valence-corrected chi connectivity index (χ4v) is 5.71. The van der Waals surface area contributed by atoms with Gasteiger partial charge < -0.3 is 25.0 Å². The molecule has 0 aromatic heterocycles. The van der Waals surface area contributed by atoms with Crippen LogP contribution in [0, 0.1) is 0 Å². The van der Waals surface area contributed by atoms with E-state index in [4.69, 9.17) is 9.47 Å². The second-order valence-corrected chi connectivity index (χ2v) is 12.8. The zero-order valence-electron chi connectivity index (χ0n) is 27.1. The lowest BCUT2D eigenvalue weighted by Gasteiger charge is -2.28. The molecule has 10 nitrogen and oxygen atoms in total. The van der Waals surface area contributed by atoms with Gasteiger partial charge in [0, 0.05) is 44.0 Å². The van der Waals surface area contributed by atoms with Crippen molar-refractivity contribution in [1.29, 1.82) is 0 Å². The van der Waals surface area contributed by atoms with Crippen LogP contribution in [0.1, 0.15) is 60.7 Å². The van der Waals surface area contributed by atoms with E-state index in [1.54, 1.807) is 57.2 Å². The molecule has 1 aliphatic carbocycles. The maximum atomic E-state index is 13.5. The first-order valence-electron chi connectivity index (χ1n) is 16.1. The van der Waals surface area contributed by atoms with Gasteiger partial charge in [-0.3, -0.25) is 15.0 Å². The Labute approximate surface area is 271 Å². The van der Waals surface area contributed by atoms with Crippen LogP contribution in [0.3, 0.4) is 0 Å². The first-order valence-corrected chi connectivity index (χ1v) is 16.1. The summed E-state index contributed by atoms with van der Waals surface area (Å²) in [7, 11) is 0. The lowest BCUT2D eigenvalue weighted by molar-refractivity contribution is 0.0365. The molecule has 5 rings (SSSR count). The molecule has 1 aliphatic heterocycles. The van der Waals surface area contributed by atoms with Crippen LogP contribution in [-0.4, -0.2) is 72.8 Å². The lowest BCUT2D eigenvalue weighted by atomic mass is 10.1. The number of carbonyl (C=O) groups is 3. The van der Waals surface area contributed by atoms with Gasteiger partial charge in [0.15, 0.2) is 0 Å². The Balaban J connectivity index is 1.22. The Morgan fingerprint density at radius 1 is 0.870 bits per heavy atom. The quantitative estimate of drug-likeness (QED) is 0.236. The summed E-state index contributed by atoms with van der Waals surface area (Å²) >= 11 is 0. The maximum Gasteiger partial charge on any atom is 0.412 e. The van der Waals surface area contributed by atoms with E-state index in [1.807, 2.05) is 23.1 Å². The molecule has 0 saturated carbocycles. The van der Waals surface area contributed by atoms with E-state index in [0.717, 1.165) is 69.8 Å². The van der Waals surface area contributed by atoms with Crippen LogP contribution in [0.5, 0.6) is 0 Å². The average Bonchev–Trinajstić information content (AvgIpc) is 3.49. The Kier molecular flexibility index (Phi) is 10.9. The predicted molar refractivity (Wildman–Crippen MR) is 180 cm³/mol. The number of nitrogens with one attached hydrogen (secondary N) is 3. The smallest absolute Gasteiger partial charge is 0.412 e. The molecule has 1 saturated heterocycles. The summed E-state index contributed by atoms with van der Waals surface area (Å²) in [5.41, 5.74) is 5.11. The SMILES string of the molecule is CC(C)(C)OC(=O)Nc1ccccc1NC(=O)c1ccc(CN(CCCN2CCOCC2)C(=O)Nc2ccc3c(c2)CCC3)cc1. The number of amides is 4. The Morgan fingerprint density at radius 3 is 2.28 bits per heavy atom. The van der Waals surface area contributed by atoms with E-state index in [-0.39, 0.29) is 11.9 Å². The number of fused-ring (bicyclic) bond motifs is 1. The zero-order chi connectivity index (χ0) is 32.5. The summed E-state index contributed by atoms with van der Waals surface area (Å²) in [6.45, 7) is 10.6. The van der Waals surface area contributed by atoms with Crippen molar-refractivity contribution < 1.29 is 23.9 Å². The van der Waals surface area contributed by atoms with Gasteiger partial charge in [-0.15, -0.1) is 0 Å². The first-order chi connectivity index (χ1) is 22.1. The fraction of sp³-hybridized carbons (Fsp3) is 0.417. The second-order valence-electron chi connectivity index (χ2n) is 12.8. The van der Waals surface area contributed by atoms with Crippen LogP contribution in [0.15, 0.2) is 66.7 Å². The molecule has 10 heteroatoms. The summed E-state index contributed by atoms with van der Waals surface area (Å²) in [5.74, 6) is -0.318. The first kappa shape index (κ1) is 33.0. The van der Waals surface area contributed by atoms with Gasteiger partial charge in [0.05, 0.1) is 24.6 Å². The predicted octanol–water partition coefficient (Wildman–Crippen LogP) is 6.53. The van der Waals surface area contributed by atoms with Crippen LogP contribution in [-0.2, 0) is 28.9 Å². The van der Waals surface area contributed by atoms with Crippen molar-refractivity contribution in [2.75, 3.05) is 55.3 Å². The minimum Gasteiger partial charge on any atom is -0.444 e. The number of benzene rings is 3. The van der Waals surface area contributed by atoms with Crippen molar-refractivity contribution >= 4 is 35.1 Å². The standard InChI is InChI=1S/C36H45N5O5/c1-36(2,3)46-35(44)39-32-11-5-4-10-31(32)38-33(42)28-14-12-26(13-15-28)25-41(19-7-18-40-20-22-45-23-21-40)34(43)37-30-17-16-27-8-6-9-29(27)24-30/h4-5,10-17,24H,6-9,18-23,25H2,1-3H3,(H,37,43)(H,38,42)(H,39,44). The zero-order valence-corrected chi connectivity index (χ0v) is 27.1. The lowest BCUT2D eigenvalue weighted by Crippen LogP contribution is -2.40. The third-order valence-electron chi connectivity index (χ3n) is 8.04. The van der Waals surface area contributed by atoms with E-state index >= 15 is 0 Å². The molecule has 3 aromatic carbocycles. The Morgan fingerprint density at radius 2 is 1.57 bits per heavy atom. The number of ether oxygens (including phenoxy) is 2. The number of para-hydroxylation sites is 2. The van der Waals surface area contributed by atoms with Crippen LogP contribution >= 0.6 is 0 Å². The summed E-state index contributed by atoms with van der Waals surface area (Å²) in [6, 6.07) is 20.3. The maximum absolute atomic E-state index is 13.5. The highest BCUT2D eigenvalue weighted by Crippen LogP contribution is 2.26. The van der Waals surface area contributed by atoms with Gasteiger partial charge in [-0.1, -0.05) is 30.3 Å². The van der Waals surface area contributed by atoms with Gasteiger partial charge in [-0.25, -0.2) is 9.59 Å². The summed E-state index contributed by atoms with van der Waals surface area (Å²) in [4.78, 5) is 43.2. The summed E-state index contributed by atoms with van der Waals surface area (Å²) < 4.78 is 10.8. The number of nitrogens with zero attached hydrogens (tertiary/aromatic N) is 2. The van der Waals surface area contributed by atoms with Crippen molar-refractivity contribution in [3.8, 4) is 0 Å². The monoisotopic (exact) mass is 627 g/mol. The highest BCUT2D eigenvalue weighted by molar-refractivity contribution is 6.06. The fourth-order valence-electron chi connectivity index (χ4n) is 5.71. The number of anilines is 3. The van der Waals surface area contributed by atoms with Crippen molar-refractivity contribution in [2.45, 2.75) is 58.6 Å². The Hall–Kier alpha value is -4.41. The van der Waals surface area contributed by atoms with Gasteiger partial charge in [0.2, 0.25) is 0 Å². The van der Waals surface area contributed by atoms with Crippen molar-refractivity contribution in [2.24, 2.45) is 0 Å². The van der Waals surface area contributed by atoms with E-state index in [1.165, 1.54) is 11.1 Å². The summed E-state index contributed by atoms with van der Waals surface area (Å²) in [5, 5.41) is 8.70. The number of rotatable bonds is 10. The molecule has 1 fully saturated rings. The van der Waals surface area contributed by atoms with E-state index < -0.39 is 11.7 Å². The van der Waals surface area contributed by atoms with Gasteiger partial charge in [-0.05, 0) is 99.5 Å². The van der Waals surface area contributed by atoms with Crippen molar-refractivity contribution in [1.82, 2.24) is 9.80 Å². The van der Waals surface area contributed by atoms with E-state index in [0.29, 0.717) is 30.0 Å². The molecule has 0 atom stereocenters. The molecule has 46 heavy (non-hydrogen) atoms. The average molecular weight is 628 g/mol. The van der Waals surface area contributed by atoms with E-state index in [9.17, 15) is 14.4 Å². The largest absolute Gasteiger partial charge is 0.444 e. The van der Waals surface area contributed by atoms with Gasteiger partial charge in [0.25, 0.3) is 5.91 Å². The van der Waals surface area contributed by atoms with Crippen LogP contribution < -0.4 is 16.0 Å². The van der Waals surface area contributed by atoms with Crippen molar-refractivity contribution in [3.63, 3.8) is 0 Å². The van der Waals surface area contributed by atoms with Crippen LogP contribution in [0.25, 0.3) is 0 Å². The minimum absolute atomic E-state index is 0.143. The number of carbonyl (C=O) groups excluding carboxylic acids is 3. The molecular weight excluding hydrogens is 582 g/mol. The molecule has 1 heterocycles. The number of hydrogen-bond donors (Lipinski definition) is 3. The molecule has 4 amide bonds. The van der Waals surface area contributed by atoms with E-state index in [2.05, 4.69) is 33.0 Å². The normalized spacial score (nSPS) is 14.7. The molecule has 0 unspecified atom stereocenters. The molecule has 3 aromatic rings. The highest BCUT2D eigenvalue weighted by Gasteiger charge is 2.20. The molecule has 2 aliphatic rings. The van der Waals surface area contributed by atoms with Gasteiger partial charge >= 0.3 is 12.1 Å². The molecular formula is C36H45N5O5. The molecule has 244 valence electrons. The number of hydrogen-bond acceptors (Lipinski definition) is 6. The molecule has 0 spiro atoms. The number of morpholine rings is 1. The van der Waals surface area contributed by atoms with Gasteiger partial charge in [-0.2, -0.15) is 0 Å². The minimum atomic E-state index is -0.648. The number of aryl methyl sites for hydroxylation is 2. The third kappa shape index (κ3) is 9.55. The molecule has 3 N–H and O–H groups in total. The topological polar surface area (TPSA) is 112 Å². The Bertz CT molecular complexity index is 1510. The molecule has 0 radical (unpaired) electrons. The van der Waals surface area contributed by atoms with Crippen molar-refractivity contribution in [3.05, 3.63) is 89.0 Å². The number of urea groups is 1. The third-order valence-corrected chi connectivity index (χ3v) is 8.04. The summed E-state index contributed by atoms with van der Waals surface area (Å²) in [6.07, 6.45) is 3.54. The van der Waals surface area contributed by atoms with Crippen LogP contribution in [0.2, 0.25) is 0 Å². The highest BCUT2D eigenvalue weighted by atomic mass is 16.6.